The van der Waals surface area contributed by atoms with Crippen molar-refractivity contribution in [3.63, 3.8) is 0 Å². The molecular formula is C25H21NO6S3. The number of nitrogens with zero attached hydrogens (tertiary/aromatic N) is 1. The van der Waals surface area contributed by atoms with Crippen LogP contribution in [-0.4, -0.2) is 28.3 Å². The van der Waals surface area contributed by atoms with E-state index in [-0.39, 0.29) is 15.4 Å². The molecule has 10 heteroatoms. The van der Waals surface area contributed by atoms with E-state index in [9.17, 15) is 27.1 Å². The molecule has 0 aliphatic carbocycles. The predicted molar refractivity (Wildman–Crippen MR) is 136 cm³/mol. The molecule has 7 nitrogen and oxygen atoms in total. The minimum absolute atomic E-state index is 0.0422. The molecule has 0 saturated carbocycles. The number of carboxylic acid groups (broad SMARTS) is 1. The van der Waals surface area contributed by atoms with Crippen molar-refractivity contribution in [2.45, 2.75) is 22.6 Å². The molecule has 4 rings (SSSR count). The van der Waals surface area contributed by atoms with Gasteiger partial charge in [-0.25, -0.2) is 21.7 Å². The number of anilines is 2. The third kappa shape index (κ3) is 5.51. The first-order chi connectivity index (χ1) is 16.8. The summed E-state index contributed by atoms with van der Waals surface area (Å²) >= 11 is -1.40. The summed E-state index contributed by atoms with van der Waals surface area (Å²) in [5.74, 6) is -0.991. The summed E-state index contributed by atoms with van der Waals surface area (Å²) in [6, 6.07) is 23.2. The van der Waals surface area contributed by atoms with Crippen LogP contribution in [0.4, 0.5) is 10.7 Å². The maximum Gasteiger partial charge on any atom is 0.335 e. The average Bonchev–Trinajstić information content (AvgIpc) is 3.34. The van der Waals surface area contributed by atoms with E-state index in [0.717, 1.165) is 21.2 Å². The number of hydrogen-bond donors (Lipinski definition) is 2. The zero-order chi connectivity index (χ0) is 25.0. The quantitative estimate of drug-likeness (QED) is 0.284. The second-order valence-electron chi connectivity index (χ2n) is 7.59. The van der Waals surface area contributed by atoms with Gasteiger partial charge in [-0.3, -0.25) is 4.55 Å². The van der Waals surface area contributed by atoms with Crippen molar-refractivity contribution >= 4 is 49.1 Å². The summed E-state index contributed by atoms with van der Waals surface area (Å²) in [7, 11) is -3.76. The Morgan fingerprint density at radius 2 is 1.60 bits per heavy atom. The fourth-order valence-electron chi connectivity index (χ4n) is 3.65. The summed E-state index contributed by atoms with van der Waals surface area (Å²) in [5.41, 5.74) is 2.20. The van der Waals surface area contributed by atoms with E-state index in [4.69, 9.17) is 0 Å². The second kappa shape index (κ2) is 10.5. The highest BCUT2D eigenvalue weighted by molar-refractivity contribution is 7.91. The Kier molecular flexibility index (Phi) is 7.46. The maximum atomic E-state index is 12.9. The molecule has 35 heavy (non-hydrogen) atoms. The first kappa shape index (κ1) is 24.8. The normalized spacial score (nSPS) is 12.3. The number of carboxylic acids is 1. The Balaban J connectivity index is 1.60. The predicted octanol–water partition coefficient (Wildman–Crippen LogP) is 5.34. The van der Waals surface area contributed by atoms with Crippen LogP contribution in [0.1, 0.15) is 21.5 Å². The van der Waals surface area contributed by atoms with Crippen LogP contribution in [-0.2, 0) is 33.9 Å². The molecule has 1 unspecified atom stereocenters. The van der Waals surface area contributed by atoms with Gasteiger partial charge in [0.2, 0.25) is 9.84 Å². The fraction of sp³-hybridized carbons (Fsp3) is 0.0800. The van der Waals surface area contributed by atoms with Gasteiger partial charge in [-0.2, -0.15) is 0 Å². The summed E-state index contributed by atoms with van der Waals surface area (Å²) < 4.78 is 49.3. The SMILES string of the molecule is O=C(O)c1ccccc1CCc1cccc(N(c2cc(S(=O)(=O)c3ccccc3)cs2)S(=O)O)c1. The number of thiophene rings is 1. The Morgan fingerprint density at radius 1 is 0.886 bits per heavy atom. The first-order valence-corrected chi connectivity index (χ1v) is 13.9. The molecule has 3 aromatic carbocycles. The Hall–Kier alpha value is -3.31. The first-order valence-electron chi connectivity index (χ1n) is 10.5. The van der Waals surface area contributed by atoms with Crippen LogP contribution in [0.15, 0.2) is 100 Å². The van der Waals surface area contributed by atoms with Gasteiger partial charge in [0.1, 0.15) is 5.00 Å². The third-order valence-corrected chi connectivity index (χ3v) is 9.01. The molecule has 180 valence electrons. The van der Waals surface area contributed by atoms with Crippen molar-refractivity contribution < 1.29 is 27.1 Å². The lowest BCUT2D eigenvalue weighted by molar-refractivity contribution is 0.0695. The Morgan fingerprint density at radius 3 is 2.31 bits per heavy atom. The molecule has 1 aromatic heterocycles. The Bertz CT molecular complexity index is 1480. The van der Waals surface area contributed by atoms with Crippen LogP contribution in [0.2, 0.25) is 0 Å². The van der Waals surface area contributed by atoms with Gasteiger partial charge in [0.25, 0.3) is 11.3 Å². The number of aromatic carboxylic acids is 1. The number of benzene rings is 3. The van der Waals surface area contributed by atoms with Crippen molar-refractivity contribution in [2.75, 3.05) is 4.31 Å². The third-order valence-electron chi connectivity index (χ3n) is 5.36. The number of hydrogen-bond acceptors (Lipinski definition) is 5. The van der Waals surface area contributed by atoms with E-state index in [1.165, 1.54) is 23.6 Å². The van der Waals surface area contributed by atoms with Crippen LogP contribution < -0.4 is 4.31 Å². The van der Waals surface area contributed by atoms with Gasteiger partial charge in [-0.15, -0.1) is 11.3 Å². The highest BCUT2D eigenvalue weighted by Crippen LogP contribution is 2.36. The average molecular weight is 528 g/mol. The van der Waals surface area contributed by atoms with E-state index in [1.807, 2.05) is 6.07 Å². The maximum absolute atomic E-state index is 12.9. The minimum atomic E-state index is -3.76. The molecule has 1 atom stereocenters. The number of carbonyl (C=O) groups is 1. The minimum Gasteiger partial charge on any atom is -0.478 e. The lowest BCUT2D eigenvalue weighted by Gasteiger charge is -2.19. The van der Waals surface area contributed by atoms with Crippen molar-refractivity contribution in [1.29, 1.82) is 0 Å². The van der Waals surface area contributed by atoms with Crippen molar-refractivity contribution in [2.24, 2.45) is 0 Å². The second-order valence-corrected chi connectivity index (χ2v) is 11.3. The lowest BCUT2D eigenvalue weighted by atomic mass is 9.99. The van der Waals surface area contributed by atoms with Crippen LogP contribution in [0.5, 0.6) is 0 Å². The van der Waals surface area contributed by atoms with Crippen LogP contribution >= 0.6 is 11.3 Å². The molecule has 1 heterocycles. The molecule has 0 aliphatic rings. The van der Waals surface area contributed by atoms with Crippen LogP contribution in [0.3, 0.4) is 0 Å². The molecular weight excluding hydrogens is 506 g/mol. The highest BCUT2D eigenvalue weighted by Gasteiger charge is 2.23. The van der Waals surface area contributed by atoms with Gasteiger partial charge >= 0.3 is 5.97 Å². The van der Waals surface area contributed by atoms with Crippen molar-refractivity contribution in [1.82, 2.24) is 0 Å². The fourth-order valence-corrected chi connectivity index (χ4v) is 6.95. The smallest absolute Gasteiger partial charge is 0.335 e. The van der Waals surface area contributed by atoms with E-state index in [1.54, 1.807) is 60.7 Å². The highest BCUT2D eigenvalue weighted by atomic mass is 32.2. The van der Waals surface area contributed by atoms with E-state index in [0.29, 0.717) is 29.1 Å². The molecule has 0 saturated heterocycles. The van der Waals surface area contributed by atoms with E-state index >= 15 is 0 Å². The molecule has 0 spiro atoms. The van der Waals surface area contributed by atoms with Gasteiger partial charge in [0.05, 0.1) is 21.0 Å². The summed E-state index contributed by atoms with van der Waals surface area (Å²) in [4.78, 5) is 11.6. The summed E-state index contributed by atoms with van der Waals surface area (Å²) in [5, 5.41) is 11.1. The Labute approximate surface area is 209 Å². The van der Waals surface area contributed by atoms with Gasteiger partial charge in [0.15, 0.2) is 0 Å². The van der Waals surface area contributed by atoms with E-state index < -0.39 is 27.1 Å². The topological polar surface area (TPSA) is 112 Å². The standard InChI is InChI=1S/C25H21NO6S3/c27-25(28)23-12-5-4-8-19(23)14-13-18-7-6-9-20(15-18)26(34(29)30)24-16-22(17-33-24)35(31,32)21-10-2-1-3-11-21/h1-12,15-17H,13-14H2,(H,27,28)(H,29,30). The van der Waals surface area contributed by atoms with Gasteiger partial charge in [-0.1, -0.05) is 48.5 Å². The number of sulfone groups is 1. The monoisotopic (exact) mass is 527 g/mol. The molecule has 2 N–H and O–H groups in total. The van der Waals surface area contributed by atoms with Gasteiger partial charge in [0, 0.05) is 5.38 Å². The molecule has 4 aromatic rings. The van der Waals surface area contributed by atoms with Gasteiger partial charge < -0.3 is 5.11 Å². The molecule has 0 bridgehead atoms. The van der Waals surface area contributed by atoms with Gasteiger partial charge in [-0.05, 0) is 60.4 Å². The van der Waals surface area contributed by atoms with Crippen molar-refractivity contribution in [3.05, 3.63) is 107 Å². The number of rotatable bonds is 9. The zero-order valence-corrected chi connectivity index (χ0v) is 20.7. The largest absolute Gasteiger partial charge is 0.478 e. The van der Waals surface area contributed by atoms with Crippen LogP contribution in [0.25, 0.3) is 0 Å². The summed E-state index contributed by atoms with van der Waals surface area (Å²) in [6.07, 6.45) is 0.995. The van der Waals surface area contributed by atoms with Crippen LogP contribution in [0, 0.1) is 0 Å². The van der Waals surface area contributed by atoms with Crippen molar-refractivity contribution in [3.8, 4) is 0 Å². The number of aryl methyl sites for hydroxylation is 2. The molecule has 0 fully saturated rings. The molecule has 0 radical (unpaired) electrons. The zero-order valence-electron chi connectivity index (χ0n) is 18.3. The summed E-state index contributed by atoms with van der Waals surface area (Å²) in [6.45, 7) is 0. The van der Waals surface area contributed by atoms with E-state index in [2.05, 4.69) is 0 Å². The lowest BCUT2D eigenvalue weighted by Crippen LogP contribution is -2.18. The molecule has 0 amide bonds. The molecule has 0 aliphatic heterocycles.